The highest BCUT2D eigenvalue weighted by Crippen LogP contribution is 2.59. The SMILES string of the molecule is COCC1(c2ccnc(OC(C)C)c2C2(C(=O)NS(=O)(=O)c3cccc4ccccc34)CC2)CC1. The van der Waals surface area contributed by atoms with Crippen LogP contribution in [0.3, 0.4) is 0 Å². The summed E-state index contributed by atoms with van der Waals surface area (Å²) in [6, 6.07) is 14.2. The third-order valence-corrected chi connectivity index (χ3v) is 8.43. The van der Waals surface area contributed by atoms with Gasteiger partial charge in [0.2, 0.25) is 11.8 Å². The minimum absolute atomic E-state index is 0.0860. The molecule has 0 aliphatic heterocycles. The normalized spacial score (nSPS) is 17.8. The lowest BCUT2D eigenvalue weighted by Gasteiger charge is -2.26. The number of carbonyl (C=O) groups excluding carboxylic acids is 1. The van der Waals surface area contributed by atoms with Gasteiger partial charge in [-0.3, -0.25) is 4.79 Å². The summed E-state index contributed by atoms with van der Waals surface area (Å²) in [5, 5.41) is 1.37. The van der Waals surface area contributed by atoms with Gasteiger partial charge in [0, 0.05) is 29.7 Å². The Kier molecular flexibility index (Phi) is 5.84. The topological polar surface area (TPSA) is 94.6 Å². The first-order valence-electron chi connectivity index (χ1n) is 11.9. The lowest BCUT2D eigenvalue weighted by molar-refractivity contribution is -0.121. The predicted molar refractivity (Wildman–Crippen MR) is 133 cm³/mol. The van der Waals surface area contributed by atoms with Gasteiger partial charge in [-0.1, -0.05) is 36.4 Å². The van der Waals surface area contributed by atoms with Crippen LogP contribution in [0.25, 0.3) is 10.8 Å². The van der Waals surface area contributed by atoms with Crippen molar-refractivity contribution < 1.29 is 22.7 Å². The number of methoxy groups -OCH3 is 1. The molecule has 2 aromatic carbocycles. The maximum Gasteiger partial charge on any atom is 0.264 e. The van der Waals surface area contributed by atoms with E-state index in [2.05, 4.69) is 9.71 Å². The van der Waals surface area contributed by atoms with Gasteiger partial charge in [-0.05, 0) is 62.6 Å². The van der Waals surface area contributed by atoms with Crippen LogP contribution < -0.4 is 9.46 Å². The van der Waals surface area contributed by atoms with Gasteiger partial charge in [-0.2, -0.15) is 0 Å². The smallest absolute Gasteiger partial charge is 0.264 e. The van der Waals surface area contributed by atoms with Crippen LogP contribution in [-0.2, 0) is 30.4 Å². The number of carbonyl (C=O) groups is 1. The van der Waals surface area contributed by atoms with Crippen molar-refractivity contribution in [1.82, 2.24) is 9.71 Å². The van der Waals surface area contributed by atoms with E-state index in [1.165, 1.54) is 6.07 Å². The Morgan fingerprint density at radius 2 is 1.77 bits per heavy atom. The van der Waals surface area contributed by atoms with Crippen molar-refractivity contribution in [3.63, 3.8) is 0 Å². The molecule has 8 heteroatoms. The number of hydrogen-bond acceptors (Lipinski definition) is 6. The Morgan fingerprint density at radius 1 is 1.06 bits per heavy atom. The molecule has 0 spiro atoms. The summed E-state index contributed by atoms with van der Waals surface area (Å²) in [5.41, 5.74) is 0.468. The zero-order chi connectivity index (χ0) is 24.8. The largest absolute Gasteiger partial charge is 0.475 e. The average Bonchev–Trinajstić information content (AvgIpc) is 3.74. The molecule has 3 aromatic rings. The van der Waals surface area contributed by atoms with Gasteiger partial charge in [0.15, 0.2) is 0 Å². The Morgan fingerprint density at radius 3 is 2.43 bits per heavy atom. The fourth-order valence-electron chi connectivity index (χ4n) is 5.00. The van der Waals surface area contributed by atoms with Crippen LogP contribution in [0.4, 0.5) is 0 Å². The third-order valence-electron chi connectivity index (χ3n) is 7.04. The first-order valence-corrected chi connectivity index (χ1v) is 13.4. The number of sulfonamides is 1. The molecule has 0 unspecified atom stereocenters. The van der Waals surface area contributed by atoms with E-state index in [1.54, 1.807) is 31.5 Å². The van der Waals surface area contributed by atoms with Gasteiger partial charge < -0.3 is 9.47 Å². The van der Waals surface area contributed by atoms with Crippen LogP contribution in [0, 0.1) is 0 Å². The molecule has 0 saturated heterocycles. The van der Waals surface area contributed by atoms with E-state index in [-0.39, 0.29) is 16.4 Å². The molecule has 1 N–H and O–H groups in total. The molecular formula is C27H30N2O5S. The standard InChI is InChI=1S/C27H30N2O5S/c1-18(2)34-24-23(21(11-16-28-24)26(12-13-26)17-33-3)27(14-15-27)25(30)29-35(31,32)22-10-6-8-19-7-4-5-9-20(19)22/h4-11,16,18H,12-15,17H2,1-3H3,(H,29,30). The molecule has 7 nitrogen and oxygen atoms in total. The molecule has 0 radical (unpaired) electrons. The number of fused-ring (bicyclic) bond motifs is 1. The summed E-state index contributed by atoms with van der Waals surface area (Å²) in [6.45, 7) is 4.34. The number of rotatable bonds is 9. The third kappa shape index (κ3) is 4.19. The molecule has 0 atom stereocenters. The summed E-state index contributed by atoms with van der Waals surface area (Å²) < 4.78 is 40.8. The summed E-state index contributed by atoms with van der Waals surface area (Å²) in [7, 11) is -2.43. The Balaban J connectivity index is 1.56. The highest BCUT2D eigenvalue weighted by Gasteiger charge is 2.59. The van der Waals surface area contributed by atoms with Crippen LogP contribution in [-0.4, -0.2) is 39.1 Å². The van der Waals surface area contributed by atoms with E-state index >= 15 is 0 Å². The van der Waals surface area contributed by atoms with E-state index in [1.807, 2.05) is 38.1 Å². The minimum atomic E-state index is -4.10. The number of pyridine rings is 1. The first kappa shape index (κ1) is 23.8. The zero-order valence-electron chi connectivity index (χ0n) is 20.2. The number of benzene rings is 2. The Hall–Kier alpha value is -2.97. The Labute approximate surface area is 205 Å². The molecule has 1 aromatic heterocycles. The summed E-state index contributed by atoms with van der Waals surface area (Å²) in [5.74, 6) is -0.142. The van der Waals surface area contributed by atoms with Gasteiger partial charge >= 0.3 is 0 Å². The second-order valence-electron chi connectivity index (χ2n) is 9.91. The fourth-order valence-corrected chi connectivity index (χ4v) is 6.28. The number of ether oxygens (including phenoxy) is 2. The highest BCUT2D eigenvalue weighted by molar-refractivity contribution is 7.90. The van der Waals surface area contributed by atoms with Crippen molar-refractivity contribution in [3.05, 3.63) is 65.9 Å². The van der Waals surface area contributed by atoms with Crippen molar-refractivity contribution in [2.24, 2.45) is 0 Å². The average molecular weight is 495 g/mol. The van der Waals surface area contributed by atoms with Crippen LogP contribution in [0.2, 0.25) is 0 Å². The first-order chi connectivity index (χ1) is 16.7. The molecule has 2 aliphatic carbocycles. The van der Waals surface area contributed by atoms with E-state index in [4.69, 9.17) is 9.47 Å². The van der Waals surface area contributed by atoms with Gasteiger partial charge in [-0.15, -0.1) is 0 Å². The predicted octanol–water partition coefficient (Wildman–Crippen LogP) is 4.24. The molecule has 0 bridgehead atoms. The molecule has 1 amide bonds. The van der Waals surface area contributed by atoms with E-state index in [9.17, 15) is 13.2 Å². The van der Waals surface area contributed by atoms with Crippen molar-refractivity contribution in [3.8, 4) is 5.88 Å². The molecule has 35 heavy (non-hydrogen) atoms. The highest BCUT2D eigenvalue weighted by atomic mass is 32.2. The zero-order valence-corrected chi connectivity index (χ0v) is 21.0. The van der Waals surface area contributed by atoms with Crippen LogP contribution >= 0.6 is 0 Å². The number of hydrogen-bond donors (Lipinski definition) is 1. The van der Waals surface area contributed by atoms with Gasteiger partial charge in [0.1, 0.15) is 0 Å². The molecular weight excluding hydrogens is 464 g/mol. The van der Waals surface area contributed by atoms with E-state index in [0.29, 0.717) is 36.3 Å². The quantitative estimate of drug-likeness (QED) is 0.478. The maximum atomic E-state index is 13.7. The minimum Gasteiger partial charge on any atom is -0.475 e. The lowest BCUT2D eigenvalue weighted by atomic mass is 9.84. The fraction of sp³-hybridized carbons (Fsp3) is 0.407. The van der Waals surface area contributed by atoms with Crippen LogP contribution in [0.5, 0.6) is 5.88 Å². The van der Waals surface area contributed by atoms with Crippen molar-refractivity contribution >= 4 is 26.7 Å². The molecule has 1 heterocycles. The lowest BCUT2D eigenvalue weighted by Crippen LogP contribution is -2.40. The van der Waals surface area contributed by atoms with Gasteiger partial charge in [0.05, 0.1) is 23.0 Å². The van der Waals surface area contributed by atoms with Gasteiger partial charge in [0.25, 0.3) is 10.0 Å². The molecule has 184 valence electrons. The maximum absolute atomic E-state index is 13.7. The summed E-state index contributed by atoms with van der Waals surface area (Å²) in [4.78, 5) is 18.3. The summed E-state index contributed by atoms with van der Waals surface area (Å²) >= 11 is 0. The number of nitrogens with zero attached hydrogens (tertiary/aromatic N) is 1. The van der Waals surface area contributed by atoms with Crippen LogP contribution in [0.15, 0.2) is 59.6 Å². The molecule has 2 aliphatic rings. The number of nitrogens with one attached hydrogen (secondary N) is 1. The monoisotopic (exact) mass is 494 g/mol. The van der Waals surface area contributed by atoms with Crippen molar-refractivity contribution in [1.29, 1.82) is 0 Å². The second-order valence-corrected chi connectivity index (χ2v) is 11.6. The second kappa shape index (κ2) is 8.60. The molecule has 2 saturated carbocycles. The molecule has 5 rings (SSSR count). The Bertz CT molecular complexity index is 1390. The van der Waals surface area contributed by atoms with Crippen molar-refractivity contribution in [2.45, 2.75) is 61.4 Å². The summed E-state index contributed by atoms with van der Waals surface area (Å²) in [6.07, 6.45) is 4.48. The molecule has 2 fully saturated rings. The van der Waals surface area contributed by atoms with Crippen molar-refractivity contribution in [2.75, 3.05) is 13.7 Å². The van der Waals surface area contributed by atoms with E-state index < -0.39 is 21.3 Å². The number of amides is 1. The number of aromatic nitrogens is 1. The van der Waals surface area contributed by atoms with Gasteiger partial charge in [-0.25, -0.2) is 18.1 Å². The van der Waals surface area contributed by atoms with E-state index in [0.717, 1.165) is 23.8 Å². The van der Waals surface area contributed by atoms with Crippen LogP contribution in [0.1, 0.15) is 50.7 Å².